The number of imidazole rings is 2. The Kier molecular flexibility index (Phi) is 5.09. The van der Waals surface area contributed by atoms with Crippen molar-refractivity contribution in [2.24, 2.45) is 14.1 Å². The highest BCUT2D eigenvalue weighted by molar-refractivity contribution is 6.32. The van der Waals surface area contributed by atoms with E-state index < -0.39 is 5.69 Å². The predicted molar refractivity (Wildman–Crippen MR) is 128 cm³/mol. The molecule has 168 valence electrons. The van der Waals surface area contributed by atoms with Gasteiger partial charge in [0.05, 0.1) is 17.8 Å². The van der Waals surface area contributed by atoms with E-state index in [0.717, 1.165) is 22.2 Å². The van der Waals surface area contributed by atoms with E-state index in [4.69, 9.17) is 21.3 Å². The minimum Gasteiger partial charge on any atom is -0.495 e. The van der Waals surface area contributed by atoms with Crippen LogP contribution in [0.4, 0.5) is 0 Å². The van der Waals surface area contributed by atoms with Gasteiger partial charge in [0, 0.05) is 32.4 Å². The number of benzene rings is 2. The van der Waals surface area contributed by atoms with Gasteiger partial charge in [0.2, 0.25) is 5.78 Å². The highest BCUT2D eigenvalue weighted by Gasteiger charge is 2.21. The lowest BCUT2D eigenvalue weighted by Crippen LogP contribution is -2.37. The summed E-state index contributed by atoms with van der Waals surface area (Å²) >= 11 is 6.41. The van der Waals surface area contributed by atoms with Gasteiger partial charge in [-0.15, -0.1) is 0 Å². The molecule has 8 nitrogen and oxygen atoms in total. The van der Waals surface area contributed by atoms with Gasteiger partial charge in [-0.1, -0.05) is 41.9 Å². The van der Waals surface area contributed by atoms with Crippen LogP contribution < -0.4 is 16.0 Å². The summed E-state index contributed by atoms with van der Waals surface area (Å²) in [7, 11) is 4.67. The molecule has 0 spiro atoms. The molecule has 0 amide bonds. The van der Waals surface area contributed by atoms with Gasteiger partial charge in [0.15, 0.2) is 11.2 Å². The van der Waals surface area contributed by atoms with E-state index in [2.05, 4.69) is 16.7 Å². The second-order valence-corrected chi connectivity index (χ2v) is 8.32. The number of aryl methyl sites for hydroxylation is 3. The summed E-state index contributed by atoms with van der Waals surface area (Å²) < 4.78 is 11.6. The fourth-order valence-corrected chi connectivity index (χ4v) is 4.44. The van der Waals surface area contributed by atoms with Crippen molar-refractivity contribution < 1.29 is 4.74 Å². The number of rotatable bonds is 5. The first-order valence-electron chi connectivity index (χ1n) is 10.5. The van der Waals surface area contributed by atoms with Crippen molar-refractivity contribution in [3.63, 3.8) is 0 Å². The van der Waals surface area contributed by atoms with Gasteiger partial charge in [-0.2, -0.15) is 4.98 Å². The van der Waals surface area contributed by atoms with E-state index in [1.54, 1.807) is 18.6 Å². The van der Waals surface area contributed by atoms with Crippen molar-refractivity contribution in [3.05, 3.63) is 86.2 Å². The van der Waals surface area contributed by atoms with E-state index in [1.165, 1.54) is 17.2 Å². The first kappa shape index (κ1) is 21.1. The zero-order valence-electron chi connectivity index (χ0n) is 18.4. The van der Waals surface area contributed by atoms with E-state index in [1.807, 2.05) is 42.6 Å². The van der Waals surface area contributed by atoms with Gasteiger partial charge in [-0.05, 0) is 30.2 Å². The molecule has 3 aromatic heterocycles. The fraction of sp³-hybridized carbons (Fsp3) is 0.208. The van der Waals surface area contributed by atoms with Crippen molar-refractivity contribution in [2.75, 3.05) is 7.11 Å². The van der Waals surface area contributed by atoms with E-state index in [9.17, 15) is 9.59 Å². The predicted octanol–water partition coefficient (Wildman–Crippen LogP) is 3.26. The summed E-state index contributed by atoms with van der Waals surface area (Å²) in [5.74, 6) is 1.17. The maximum atomic E-state index is 13.0. The van der Waals surface area contributed by atoms with Crippen LogP contribution in [0.3, 0.4) is 0 Å². The molecule has 5 rings (SSSR count). The average molecular weight is 464 g/mol. The summed E-state index contributed by atoms with van der Waals surface area (Å²) in [5, 5.41) is 0.492. The minimum atomic E-state index is -0.411. The number of aromatic nitrogens is 5. The Morgan fingerprint density at radius 3 is 2.48 bits per heavy atom. The highest BCUT2D eigenvalue weighted by Crippen LogP contribution is 2.32. The molecule has 9 heteroatoms. The molecule has 0 aliphatic rings. The maximum Gasteiger partial charge on any atom is 0.332 e. The molecule has 0 bridgehead atoms. The smallest absolute Gasteiger partial charge is 0.332 e. The van der Waals surface area contributed by atoms with Crippen molar-refractivity contribution in [2.45, 2.75) is 13.0 Å². The SMILES string of the molecule is COc1ccc(-c2cn3c4c(=O)n(C)c(=O)n(C)c4nc3n2CCc2ccccc2)cc1Cl. The van der Waals surface area contributed by atoms with Gasteiger partial charge in [-0.3, -0.25) is 18.3 Å². The van der Waals surface area contributed by atoms with Gasteiger partial charge in [-0.25, -0.2) is 4.79 Å². The Bertz CT molecular complexity index is 1630. The van der Waals surface area contributed by atoms with Crippen molar-refractivity contribution in [1.82, 2.24) is 23.1 Å². The number of methoxy groups -OCH3 is 1. The van der Waals surface area contributed by atoms with Crippen LogP contribution in [0.1, 0.15) is 5.56 Å². The molecule has 0 radical (unpaired) electrons. The van der Waals surface area contributed by atoms with Crippen molar-refractivity contribution >= 4 is 28.5 Å². The Labute approximate surface area is 193 Å². The van der Waals surface area contributed by atoms with Crippen LogP contribution in [-0.4, -0.2) is 30.2 Å². The number of fused-ring (bicyclic) bond motifs is 3. The third-order valence-corrected chi connectivity index (χ3v) is 6.27. The number of ether oxygens (including phenoxy) is 1. The normalized spacial score (nSPS) is 11.5. The van der Waals surface area contributed by atoms with Crippen LogP contribution in [0.25, 0.3) is 28.2 Å². The molecular formula is C24H22ClN5O3. The average Bonchev–Trinajstić information content (AvgIpc) is 3.37. The molecule has 0 fully saturated rings. The van der Waals surface area contributed by atoms with Gasteiger partial charge in [0.1, 0.15) is 5.75 Å². The Hall–Kier alpha value is -3.78. The number of nitrogens with zero attached hydrogens (tertiary/aromatic N) is 5. The summed E-state index contributed by atoms with van der Waals surface area (Å²) in [4.78, 5) is 30.1. The van der Waals surface area contributed by atoms with Gasteiger partial charge >= 0.3 is 5.69 Å². The molecule has 3 heterocycles. The number of hydrogen-bond donors (Lipinski definition) is 0. The second kappa shape index (κ2) is 7.97. The van der Waals surface area contributed by atoms with Gasteiger partial charge < -0.3 is 9.30 Å². The molecule has 33 heavy (non-hydrogen) atoms. The first-order chi connectivity index (χ1) is 15.9. The van der Waals surface area contributed by atoms with Crippen LogP contribution in [0.15, 0.2) is 64.3 Å². The fourth-order valence-electron chi connectivity index (χ4n) is 4.18. The maximum absolute atomic E-state index is 13.0. The largest absolute Gasteiger partial charge is 0.495 e. The third-order valence-electron chi connectivity index (χ3n) is 5.97. The first-order valence-corrected chi connectivity index (χ1v) is 10.8. The van der Waals surface area contributed by atoms with Crippen LogP contribution in [0, 0.1) is 0 Å². The molecule has 0 N–H and O–H groups in total. The Morgan fingerprint density at radius 1 is 1.03 bits per heavy atom. The van der Waals surface area contributed by atoms with Crippen molar-refractivity contribution in [3.8, 4) is 17.0 Å². The summed E-state index contributed by atoms with van der Waals surface area (Å²) in [6, 6.07) is 15.7. The van der Waals surface area contributed by atoms with Crippen molar-refractivity contribution in [1.29, 1.82) is 0 Å². The molecule has 0 saturated carbocycles. The van der Waals surface area contributed by atoms with Gasteiger partial charge in [0.25, 0.3) is 5.56 Å². The number of hydrogen-bond acceptors (Lipinski definition) is 4. The van der Waals surface area contributed by atoms with Crippen LogP contribution in [-0.2, 0) is 27.1 Å². The molecule has 0 saturated heterocycles. The molecule has 5 aromatic rings. The Morgan fingerprint density at radius 2 is 1.79 bits per heavy atom. The quantitative estimate of drug-likeness (QED) is 0.401. The Balaban J connectivity index is 1.77. The lowest BCUT2D eigenvalue weighted by Gasteiger charge is -2.11. The molecule has 0 atom stereocenters. The molecule has 0 aliphatic heterocycles. The monoisotopic (exact) mass is 463 g/mol. The zero-order chi connectivity index (χ0) is 23.3. The topological polar surface area (TPSA) is 75.5 Å². The van der Waals surface area contributed by atoms with Crippen LogP contribution in [0.5, 0.6) is 5.75 Å². The molecule has 2 aromatic carbocycles. The lowest BCUT2D eigenvalue weighted by molar-refractivity contribution is 0.415. The summed E-state index contributed by atoms with van der Waals surface area (Å²) in [6.45, 7) is 0.622. The second-order valence-electron chi connectivity index (χ2n) is 7.91. The minimum absolute atomic E-state index is 0.353. The highest BCUT2D eigenvalue weighted by atomic mass is 35.5. The van der Waals surface area contributed by atoms with E-state index in [0.29, 0.717) is 34.3 Å². The van der Waals surface area contributed by atoms with Crippen LogP contribution in [0.2, 0.25) is 5.02 Å². The van der Waals surface area contributed by atoms with E-state index in [-0.39, 0.29) is 5.56 Å². The molecule has 0 aliphatic carbocycles. The molecule has 0 unspecified atom stereocenters. The molecular weight excluding hydrogens is 442 g/mol. The van der Waals surface area contributed by atoms with Crippen LogP contribution >= 0.6 is 11.6 Å². The number of halogens is 1. The zero-order valence-corrected chi connectivity index (χ0v) is 19.2. The summed E-state index contributed by atoms with van der Waals surface area (Å²) in [5.41, 5.74) is 2.82. The standard InChI is InChI=1S/C24H22ClN5O3/c1-27-21-20(22(31)28(2)24(27)32)30-14-18(16-9-10-19(33-3)17(25)13-16)29(23(30)26-21)12-11-15-7-5-4-6-8-15/h4-10,13-14H,11-12H2,1-3H3. The van der Waals surface area contributed by atoms with E-state index >= 15 is 0 Å². The lowest BCUT2D eigenvalue weighted by atomic mass is 10.1. The summed E-state index contributed by atoms with van der Waals surface area (Å²) in [6.07, 6.45) is 2.64. The third kappa shape index (κ3) is 3.34.